The van der Waals surface area contributed by atoms with Crippen LogP contribution in [0.1, 0.15) is 33.2 Å². The zero-order chi connectivity index (χ0) is 20.0. The predicted molar refractivity (Wildman–Crippen MR) is 101 cm³/mol. The SMILES string of the molecule is CCOC(=O)c1cccc(NC(=O)c2cc(OC)c(OC)c(OC)c2)c1C. The molecule has 2 aromatic rings. The lowest BCUT2D eigenvalue weighted by Gasteiger charge is -2.15. The number of anilines is 1. The second-order valence-corrected chi connectivity index (χ2v) is 5.57. The maximum atomic E-state index is 12.7. The molecule has 0 unspecified atom stereocenters. The van der Waals surface area contributed by atoms with Gasteiger partial charge in [-0.05, 0) is 43.7 Å². The van der Waals surface area contributed by atoms with E-state index in [2.05, 4.69) is 5.32 Å². The highest BCUT2D eigenvalue weighted by Gasteiger charge is 2.19. The number of rotatable bonds is 7. The zero-order valence-corrected chi connectivity index (χ0v) is 16.0. The minimum absolute atomic E-state index is 0.278. The third-order valence-corrected chi connectivity index (χ3v) is 4.00. The van der Waals surface area contributed by atoms with Gasteiger partial charge in [-0.25, -0.2) is 4.79 Å². The molecule has 7 nitrogen and oxygen atoms in total. The molecular formula is C20H23NO6. The maximum Gasteiger partial charge on any atom is 0.338 e. The van der Waals surface area contributed by atoms with Gasteiger partial charge in [-0.3, -0.25) is 4.79 Å². The van der Waals surface area contributed by atoms with Gasteiger partial charge < -0.3 is 24.3 Å². The number of amides is 1. The van der Waals surface area contributed by atoms with Crippen LogP contribution in [0.3, 0.4) is 0 Å². The van der Waals surface area contributed by atoms with Crippen LogP contribution in [0, 0.1) is 6.92 Å². The van der Waals surface area contributed by atoms with Crippen LogP contribution < -0.4 is 19.5 Å². The summed E-state index contributed by atoms with van der Waals surface area (Å²) >= 11 is 0. The van der Waals surface area contributed by atoms with Crippen LogP contribution in [-0.4, -0.2) is 39.8 Å². The highest BCUT2D eigenvalue weighted by Crippen LogP contribution is 2.38. The number of nitrogens with one attached hydrogen (secondary N) is 1. The van der Waals surface area contributed by atoms with Crippen molar-refractivity contribution in [3.05, 3.63) is 47.0 Å². The van der Waals surface area contributed by atoms with Crippen LogP contribution in [-0.2, 0) is 4.74 Å². The molecule has 0 aliphatic heterocycles. The quantitative estimate of drug-likeness (QED) is 0.749. The van der Waals surface area contributed by atoms with Gasteiger partial charge in [0.2, 0.25) is 5.75 Å². The number of carbonyl (C=O) groups excluding carboxylic acids is 2. The third-order valence-electron chi connectivity index (χ3n) is 4.00. The monoisotopic (exact) mass is 373 g/mol. The molecule has 0 aromatic heterocycles. The summed E-state index contributed by atoms with van der Waals surface area (Å²) in [5, 5.41) is 2.81. The van der Waals surface area contributed by atoms with E-state index in [-0.39, 0.29) is 12.5 Å². The van der Waals surface area contributed by atoms with Crippen molar-refractivity contribution in [2.24, 2.45) is 0 Å². The van der Waals surface area contributed by atoms with Crippen LogP contribution >= 0.6 is 0 Å². The highest BCUT2D eigenvalue weighted by atomic mass is 16.5. The standard InChI is InChI=1S/C20H23NO6/c1-6-27-20(23)14-8-7-9-15(12(14)2)21-19(22)13-10-16(24-3)18(26-5)17(11-13)25-4/h7-11H,6H2,1-5H3,(H,21,22). The van der Waals surface area contributed by atoms with Gasteiger partial charge in [-0.1, -0.05) is 6.07 Å². The van der Waals surface area contributed by atoms with Crippen LogP contribution in [0.25, 0.3) is 0 Å². The summed E-state index contributed by atoms with van der Waals surface area (Å²) < 4.78 is 20.9. The van der Waals surface area contributed by atoms with Crippen molar-refractivity contribution >= 4 is 17.6 Å². The van der Waals surface area contributed by atoms with Gasteiger partial charge in [-0.15, -0.1) is 0 Å². The summed E-state index contributed by atoms with van der Waals surface area (Å²) in [6, 6.07) is 8.17. The fraction of sp³-hybridized carbons (Fsp3) is 0.300. The fourth-order valence-corrected chi connectivity index (χ4v) is 2.61. The molecule has 0 spiro atoms. The van der Waals surface area contributed by atoms with E-state index in [0.717, 1.165) is 0 Å². The Morgan fingerprint density at radius 3 is 2.15 bits per heavy atom. The van der Waals surface area contributed by atoms with Gasteiger partial charge in [0.15, 0.2) is 11.5 Å². The van der Waals surface area contributed by atoms with Crippen molar-refractivity contribution in [1.82, 2.24) is 0 Å². The molecule has 0 aliphatic rings. The Bertz CT molecular complexity index is 821. The highest BCUT2D eigenvalue weighted by molar-refractivity contribution is 6.06. The van der Waals surface area contributed by atoms with Crippen molar-refractivity contribution in [2.75, 3.05) is 33.3 Å². The van der Waals surface area contributed by atoms with Gasteiger partial charge in [0.1, 0.15) is 0 Å². The Labute approximate surface area is 158 Å². The van der Waals surface area contributed by atoms with E-state index in [1.807, 2.05) is 0 Å². The minimum Gasteiger partial charge on any atom is -0.493 e. The molecule has 0 aliphatic carbocycles. The number of esters is 1. The van der Waals surface area contributed by atoms with E-state index in [0.29, 0.717) is 39.6 Å². The topological polar surface area (TPSA) is 83.1 Å². The van der Waals surface area contributed by atoms with E-state index in [9.17, 15) is 9.59 Å². The van der Waals surface area contributed by atoms with E-state index >= 15 is 0 Å². The van der Waals surface area contributed by atoms with Gasteiger partial charge in [0.05, 0.1) is 33.5 Å². The number of hydrogen-bond acceptors (Lipinski definition) is 6. The van der Waals surface area contributed by atoms with Crippen LogP contribution in [0.15, 0.2) is 30.3 Å². The molecule has 0 atom stereocenters. The van der Waals surface area contributed by atoms with Crippen molar-refractivity contribution in [3.8, 4) is 17.2 Å². The largest absolute Gasteiger partial charge is 0.493 e. The van der Waals surface area contributed by atoms with E-state index < -0.39 is 5.97 Å². The lowest BCUT2D eigenvalue weighted by atomic mass is 10.1. The van der Waals surface area contributed by atoms with Crippen molar-refractivity contribution in [3.63, 3.8) is 0 Å². The van der Waals surface area contributed by atoms with E-state index in [1.54, 1.807) is 44.2 Å². The average Bonchev–Trinajstić information content (AvgIpc) is 2.68. The first-order valence-corrected chi connectivity index (χ1v) is 8.34. The Hall–Kier alpha value is -3.22. The molecular weight excluding hydrogens is 350 g/mol. The molecule has 0 saturated carbocycles. The van der Waals surface area contributed by atoms with Crippen LogP contribution in [0.4, 0.5) is 5.69 Å². The molecule has 0 heterocycles. The first kappa shape index (κ1) is 20.1. The van der Waals surface area contributed by atoms with Crippen molar-refractivity contribution in [1.29, 1.82) is 0 Å². The lowest BCUT2D eigenvalue weighted by molar-refractivity contribution is 0.0525. The summed E-state index contributed by atoms with van der Waals surface area (Å²) in [5.74, 6) is 0.340. The lowest BCUT2D eigenvalue weighted by Crippen LogP contribution is -2.15. The Balaban J connectivity index is 2.35. The predicted octanol–water partition coefficient (Wildman–Crippen LogP) is 3.45. The van der Waals surface area contributed by atoms with Gasteiger partial charge >= 0.3 is 5.97 Å². The smallest absolute Gasteiger partial charge is 0.338 e. The second-order valence-electron chi connectivity index (χ2n) is 5.57. The number of methoxy groups -OCH3 is 3. The summed E-state index contributed by atoms with van der Waals surface area (Å²) in [6.07, 6.45) is 0. The molecule has 2 rings (SSSR count). The summed E-state index contributed by atoms with van der Waals surface area (Å²) in [4.78, 5) is 24.8. The Morgan fingerprint density at radius 2 is 1.63 bits per heavy atom. The molecule has 0 fully saturated rings. The molecule has 1 amide bonds. The number of carbonyl (C=O) groups is 2. The molecule has 0 radical (unpaired) electrons. The summed E-state index contributed by atoms with van der Waals surface area (Å²) in [7, 11) is 4.45. The average molecular weight is 373 g/mol. The fourth-order valence-electron chi connectivity index (χ4n) is 2.61. The van der Waals surface area contributed by atoms with E-state index in [1.165, 1.54) is 21.3 Å². The number of ether oxygens (including phenoxy) is 4. The first-order chi connectivity index (χ1) is 13.0. The molecule has 0 bridgehead atoms. The number of hydrogen-bond donors (Lipinski definition) is 1. The Kier molecular flexibility index (Phi) is 6.65. The molecule has 0 saturated heterocycles. The van der Waals surface area contributed by atoms with E-state index in [4.69, 9.17) is 18.9 Å². The minimum atomic E-state index is -0.432. The third kappa shape index (κ3) is 4.31. The van der Waals surface area contributed by atoms with Gasteiger partial charge in [0, 0.05) is 11.3 Å². The molecule has 2 aromatic carbocycles. The normalized spacial score (nSPS) is 10.1. The first-order valence-electron chi connectivity index (χ1n) is 8.34. The Morgan fingerprint density at radius 1 is 1.00 bits per heavy atom. The summed E-state index contributed by atoms with van der Waals surface area (Å²) in [5.41, 5.74) is 1.86. The second kappa shape index (κ2) is 8.93. The molecule has 27 heavy (non-hydrogen) atoms. The number of benzene rings is 2. The zero-order valence-electron chi connectivity index (χ0n) is 16.0. The molecule has 1 N–H and O–H groups in total. The van der Waals surface area contributed by atoms with Crippen LogP contribution in [0.5, 0.6) is 17.2 Å². The maximum absolute atomic E-state index is 12.7. The molecule has 144 valence electrons. The summed E-state index contributed by atoms with van der Waals surface area (Å²) in [6.45, 7) is 3.76. The van der Waals surface area contributed by atoms with Crippen molar-refractivity contribution < 1.29 is 28.5 Å². The van der Waals surface area contributed by atoms with Gasteiger partial charge in [-0.2, -0.15) is 0 Å². The van der Waals surface area contributed by atoms with Gasteiger partial charge in [0.25, 0.3) is 5.91 Å². The molecule has 7 heteroatoms. The van der Waals surface area contributed by atoms with Crippen molar-refractivity contribution in [2.45, 2.75) is 13.8 Å². The van der Waals surface area contributed by atoms with Crippen LogP contribution in [0.2, 0.25) is 0 Å².